The summed E-state index contributed by atoms with van der Waals surface area (Å²) in [5.41, 5.74) is 0. The molecule has 0 unspecified atom stereocenters. The fourth-order valence-corrected chi connectivity index (χ4v) is 4.20. The van der Waals surface area contributed by atoms with Crippen molar-refractivity contribution in [1.82, 2.24) is 0 Å². The highest BCUT2D eigenvalue weighted by atomic mass is 33.7. The van der Waals surface area contributed by atoms with Crippen LogP contribution in [0, 0.1) is 0 Å². The number of hydrogen-bond acceptors (Lipinski definition) is 5. The van der Waals surface area contributed by atoms with Gasteiger partial charge in [0.25, 0.3) is 0 Å². The van der Waals surface area contributed by atoms with Gasteiger partial charge in [-0.3, -0.25) is 7.05 Å². The summed E-state index contributed by atoms with van der Waals surface area (Å²) in [7, 11) is -0.697. The first-order valence-electron chi connectivity index (χ1n) is 2.95. The van der Waals surface area contributed by atoms with Gasteiger partial charge in [0.05, 0.1) is 0 Å². The third-order valence-electron chi connectivity index (χ3n) is 1.21. The zero-order valence-electron chi connectivity index (χ0n) is 5.84. The van der Waals surface area contributed by atoms with E-state index in [-0.39, 0.29) is 0 Å². The molecule has 0 atom stereocenters. The molecule has 0 aliphatic rings. The van der Waals surface area contributed by atoms with Crippen molar-refractivity contribution in [2.75, 3.05) is 0 Å². The molecule has 0 spiro atoms. The quantitative estimate of drug-likeness (QED) is 0.590. The van der Waals surface area contributed by atoms with E-state index < -0.39 is 13.2 Å². The molecule has 6 heteroatoms. The summed E-state index contributed by atoms with van der Waals surface area (Å²) in [5, 5.41) is 0. The maximum Gasteiger partial charge on any atom is -0.00222 e. The van der Waals surface area contributed by atoms with Crippen molar-refractivity contribution in [3.8, 4) is 0 Å². The molecule has 66 valence electrons. The lowest BCUT2D eigenvalue weighted by Gasteiger charge is -2.13. The second-order valence-electron chi connectivity index (χ2n) is 1.97. The molecule has 0 fully saturated rings. The van der Waals surface area contributed by atoms with E-state index in [1.165, 1.54) is 0 Å². The largest absolute Gasteiger partial charge is 0.277 e. The van der Waals surface area contributed by atoms with Gasteiger partial charge in [-0.15, -0.1) is 6.18 Å². The molecule has 1 rings (SSSR count). The van der Waals surface area contributed by atoms with Crippen molar-refractivity contribution in [3.05, 3.63) is 30.3 Å². The van der Waals surface area contributed by atoms with Gasteiger partial charge >= 0.3 is 0 Å². The molecule has 0 bridgehead atoms. The van der Waals surface area contributed by atoms with E-state index in [1.807, 2.05) is 30.3 Å². The third-order valence-corrected chi connectivity index (χ3v) is 14.5. The van der Waals surface area contributed by atoms with E-state index in [0.717, 1.165) is 4.90 Å². The van der Waals surface area contributed by atoms with Gasteiger partial charge in [0.15, 0.2) is 0 Å². The number of hydrogen-bond donors (Lipinski definition) is 0. The molecule has 12 heavy (non-hydrogen) atoms. The third kappa shape index (κ3) is 2.40. The van der Waals surface area contributed by atoms with E-state index in [2.05, 4.69) is 0 Å². The van der Waals surface area contributed by atoms with Gasteiger partial charge in [-0.2, -0.15) is 0 Å². The maximum atomic E-state index is 5.24. The lowest BCUT2D eigenvalue weighted by molar-refractivity contribution is 1.47. The first-order chi connectivity index (χ1) is 5.55. The van der Waals surface area contributed by atoms with Crippen LogP contribution in [0.3, 0.4) is 0 Å². The SMILES string of the molecule is S=[S-](=S)S(=S)(=S)c1ccccc1. The van der Waals surface area contributed by atoms with Crippen LogP contribution in [0.5, 0.6) is 0 Å². The first-order valence-corrected chi connectivity index (χ1v) is 10.0. The smallest absolute Gasteiger partial charge is 0.00222 e. The van der Waals surface area contributed by atoms with Gasteiger partial charge in [0.1, 0.15) is 0 Å². The van der Waals surface area contributed by atoms with Crippen molar-refractivity contribution in [2.24, 2.45) is 0 Å². The molecule has 0 aliphatic carbocycles. The lowest BCUT2D eigenvalue weighted by Crippen LogP contribution is -1.95. The topological polar surface area (TPSA) is 0 Å². The summed E-state index contributed by atoms with van der Waals surface area (Å²) in [4.78, 5) is 0.948. The Morgan fingerprint density at radius 1 is 1.00 bits per heavy atom. The monoisotopic (exact) mass is 269 g/mol. The molecular weight excluding hydrogens is 264 g/mol. The van der Waals surface area contributed by atoms with Gasteiger partial charge in [0, 0.05) is 0 Å². The van der Waals surface area contributed by atoms with Crippen LogP contribution in [0.4, 0.5) is 0 Å². The highest BCUT2D eigenvalue weighted by Crippen LogP contribution is 2.11. The van der Waals surface area contributed by atoms with Crippen molar-refractivity contribution in [2.45, 2.75) is 4.90 Å². The number of rotatable bonds is 2. The van der Waals surface area contributed by atoms with E-state index >= 15 is 0 Å². The Kier molecular flexibility index (Phi) is 3.94. The summed E-state index contributed by atoms with van der Waals surface area (Å²) in [6.45, 7) is 0. The van der Waals surface area contributed by atoms with Crippen LogP contribution in [0.2, 0.25) is 0 Å². The Hall–Kier alpha value is 0.800. The Labute approximate surface area is 92.4 Å². The lowest BCUT2D eigenvalue weighted by atomic mass is 10.4. The summed E-state index contributed by atoms with van der Waals surface area (Å²) >= 11 is 20.4. The molecule has 0 saturated carbocycles. The van der Waals surface area contributed by atoms with E-state index in [9.17, 15) is 0 Å². The van der Waals surface area contributed by atoms with Crippen LogP contribution in [0.1, 0.15) is 0 Å². The zero-order valence-corrected chi connectivity index (χ0v) is 10.7. The van der Waals surface area contributed by atoms with E-state index in [1.54, 1.807) is 0 Å². The van der Waals surface area contributed by atoms with E-state index in [0.29, 0.717) is 0 Å². The molecule has 1 aromatic carbocycles. The second kappa shape index (κ2) is 4.34. The average molecular weight is 270 g/mol. The van der Waals surface area contributed by atoms with Gasteiger partial charge in [0.2, 0.25) is 0 Å². The van der Waals surface area contributed by atoms with Gasteiger partial charge in [-0.05, 0) is 17.0 Å². The summed E-state index contributed by atoms with van der Waals surface area (Å²) < 4.78 is 0. The highest BCUT2D eigenvalue weighted by molar-refractivity contribution is 9.05. The Balaban J connectivity index is 3.35. The van der Waals surface area contributed by atoms with Crippen LogP contribution in [0.15, 0.2) is 35.2 Å². The van der Waals surface area contributed by atoms with Crippen LogP contribution in [-0.4, -0.2) is 0 Å². The van der Waals surface area contributed by atoms with E-state index in [4.69, 9.17) is 44.8 Å². The van der Waals surface area contributed by atoms with Crippen molar-refractivity contribution in [3.63, 3.8) is 0 Å². The molecule has 0 radical (unpaired) electrons. The molecule has 0 heterocycles. The molecule has 1 aromatic rings. The maximum absolute atomic E-state index is 5.24. The zero-order chi connectivity index (χ0) is 9.19. The fraction of sp³-hybridized carbons (Fsp3) is 0. The first kappa shape index (κ1) is 10.9. The molecule has 0 aliphatic heterocycles. The van der Waals surface area contributed by atoms with Crippen molar-refractivity contribution in [1.29, 1.82) is 0 Å². The minimum Gasteiger partial charge on any atom is -0.277 e. The molecule has 0 N–H and O–H groups in total. The van der Waals surface area contributed by atoms with Crippen molar-refractivity contribution < 1.29 is 0 Å². The Bertz CT molecular complexity index is 416. The normalized spacial score (nSPS) is 11.8. The minimum absolute atomic E-state index is 0.697. The summed E-state index contributed by atoms with van der Waals surface area (Å²) in [6.07, 6.45) is -1.75. The Morgan fingerprint density at radius 2 is 1.50 bits per heavy atom. The molecule has 0 aromatic heterocycles. The minimum atomic E-state index is -1.75. The van der Waals surface area contributed by atoms with Crippen LogP contribution in [0.25, 0.3) is 0 Å². The standard InChI is InChI=1S/C6H5S6/c7-11(8)12(9,10)6-4-2-1-3-5-6/h1-5H/q-1. The summed E-state index contributed by atoms with van der Waals surface area (Å²) in [6, 6.07) is 9.57. The van der Waals surface area contributed by atoms with Crippen LogP contribution < -0.4 is 0 Å². The predicted molar refractivity (Wildman–Crippen MR) is 68.9 cm³/mol. The molecular formula is C6H5S6-. The summed E-state index contributed by atoms with van der Waals surface area (Å²) in [5.74, 6) is 0. The van der Waals surface area contributed by atoms with Gasteiger partial charge in [-0.25, -0.2) is 22.4 Å². The molecule has 0 nitrogen and oxygen atoms in total. The van der Waals surface area contributed by atoms with Crippen LogP contribution in [-0.2, 0) is 58.0 Å². The fourth-order valence-electron chi connectivity index (χ4n) is 0.666. The van der Waals surface area contributed by atoms with Gasteiger partial charge in [-0.1, -0.05) is 40.6 Å². The second-order valence-corrected chi connectivity index (χ2v) is 15.1. The number of benzene rings is 1. The predicted octanol–water partition coefficient (Wildman–Crippen LogP) is 1.58. The molecule has 0 saturated heterocycles. The Morgan fingerprint density at radius 3 is 1.92 bits per heavy atom. The van der Waals surface area contributed by atoms with Gasteiger partial charge < -0.3 is 0 Å². The average Bonchev–Trinajstić information content (AvgIpc) is 2.06. The highest BCUT2D eigenvalue weighted by Gasteiger charge is 1.93. The van der Waals surface area contributed by atoms with Crippen molar-refractivity contribution >= 4 is 58.0 Å². The molecule has 0 amide bonds. The van der Waals surface area contributed by atoms with Crippen LogP contribution >= 0.6 is 0 Å².